The van der Waals surface area contributed by atoms with Crippen molar-refractivity contribution in [3.05, 3.63) is 29.8 Å². The Morgan fingerprint density at radius 2 is 2.21 bits per heavy atom. The van der Waals surface area contributed by atoms with Gasteiger partial charge in [0.1, 0.15) is 0 Å². The number of nitrogens with two attached hydrogens (primary N) is 1. The Kier molecular flexibility index (Phi) is 3.80. The second kappa shape index (κ2) is 5.21. The smallest absolute Gasteiger partial charge is 0.337 e. The lowest BCUT2D eigenvalue weighted by Gasteiger charge is -2.48. The lowest BCUT2D eigenvalue weighted by Crippen LogP contribution is -2.59. The maximum Gasteiger partial charge on any atom is 0.337 e. The standard InChI is InChI=1S/C15H22N2O2/c1-15(2)13(16)8-5-9-17(15)12-7-4-6-11(10-12)14(18)19-3/h4,6-7,10,13H,5,8-9,16H2,1-3H3. The van der Waals surface area contributed by atoms with Gasteiger partial charge in [-0.25, -0.2) is 4.79 Å². The second-order valence-electron chi connectivity index (χ2n) is 5.60. The molecule has 0 amide bonds. The molecule has 0 aromatic heterocycles. The van der Waals surface area contributed by atoms with E-state index in [9.17, 15) is 4.79 Å². The summed E-state index contributed by atoms with van der Waals surface area (Å²) >= 11 is 0. The van der Waals surface area contributed by atoms with Crippen molar-refractivity contribution < 1.29 is 9.53 Å². The zero-order valence-electron chi connectivity index (χ0n) is 11.8. The van der Waals surface area contributed by atoms with Gasteiger partial charge in [0.25, 0.3) is 0 Å². The van der Waals surface area contributed by atoms with E-state index in [0.717, 1.165) is 25.1 Å². The molecule has 1 aliphatic heterocycles. The van der Waals surface area contributed by atoms with Gasteiger partial charge in [-0.3, -0.25) is 0 Å². The highest BCUT2D eigenvalue weighted by molar-refractivity contribution is 5.90. The highest BCUT2D eigenvalue weighted by atomic mass is 16.5. The number of carbonyl (C=O) groups excluding carboxylic acids is 1. The van der Waals surface area contributed by atoms with E-state index >= 15 is 0 Å². The molecule has 1 saturated heterocycles. The first-order valence-corrected chi connectivity index (χ1v) is 6.68. The lowest BCUT2D eigenvalue weighted by molar-refractivity contribution is 0.0600. The number of nitrogens with zero attached hydrogens (tertiary/aromatic N) is 1. The maximum absolute atomic E-state index is 11.6. The number of hydrogen-bond donors (Lipinski definition) is 1. The van der Waals surface area contributed by atoms with Crippen molar-refractivity contribution in [2.24, 2.45) is 5.73 Å². The van der Waals surface area contributed by atoms with E-state index in [2.05, 4.69) is 18.7 Å². The monoisotopic (exact) mass is 262 g/mol. The van der Waals surface area contributed by atoms with Crippen LogP contribution in [0, 0.1) is 0 Å². The fourth-order valence-corrected chi connectivity index (χ4v) is 2.69. The van der Waals surface area contributed by atoms with Crippen molar-refractivity contribution in [3.63, 3.8) is 0 Å². The van der Waals surface area contributed by atoms with Gasteiger partial charge >= 0.3 is 5.97 Å². The molecule has 1 aromatic carbocycles. The summed E-state index contributed by atoms with van der Waals surface area (Å²) in [4.78, 5) is 13.9. The van der Waals surface area contributed by atoms with Crippen LogP contribution in [0.4, 0.5) is 5.69 Å². The number of anilines is 1. The molecule has 104 valence electrons. The van der Waals surface area contributed by atoms with Crippen molar-refractivity contribution in [2.75, 3.05) is 18.6 Å². The minimum Gasteiger partial charge on any atom is -0.465 e. The first kappa shape index (κ1) is 13.9. The van der Waals surface area contributed by atoms with Crippen LogP contribution in [0.3, 0.4) is 0 Å². The second-order valence-corrected chi connectivity index (χ2v) is 5.60. The van der Waals surface area contributed by atoms with Gasteiger partial charge in [0.05, 0.1) is 12.7 Å². The molecule has 4 nitrogen and oxygen atoms in total. The number of esters is 1. The molecule has 2 N–H and O–H groups in total. The van der Waals surface area contributed by atoms with Gasteiger partial charge in [0.15, 0.2) is 0 Å². The van der Waals surface area contributed by atoms with Crippen molar-refractivity contribution in [1.29, 1.82) is 0 Å². The molecule has 1 heterocycles. The zero-order valence-corrected chi connectivity index (χ0v) is 11.8. The molecular formula is C15H22N2O2. The van der Waals surface area contributed by atoms with Gasteiger partial charge in [-0.2, -0.15) is 0 Å². The van der Waals surface area contributed by atoms with E-state index in [0.29, 0.717) is 5.56 Å². The van der Waals surface area contributed by atoms with Gasteiger partial charge in [-0.05, 0) is 44.9 Å². The van der Waals surface area contributed by atoms with Crippen LogP contribution in [0.2, 0.25) is 0 Å². The summed E-state index contributed by atoms with van der Waals surface area (Å²) in [7, 11) is 1.40. The largest absolute Gasteiger partial charge is 0.465 e. The molecule has 1 aromatic rings. The van der Waals surface area contributed by atoms with Gasteiger partial charge in [-0.1, -0.05) is 6.07 Å². The Labute approximate surface area is 114 Å². The van der Waals surface area contributed by atoms with E-state index < -0.39 is 0 Å². The van der Waals surface area contributed by atoms with Crippen LogP contribution >= 0.6 is 0 Å². The summed E-state index contributed by atoms with van der Waals surface area (Å²) in [6.45, 7) is 5.27. The minimum atomic E-state index is -0.305. The Hall–Kier alpha value is -1.55. The number of piperidine rings is 1. The molecule has 1 unspecified atom stereocenters. The fourth-order valence-electron chi connectivity index (χ4n) is 2.69. The predicted octanol–water partition coefficient (Wildman–Crippen LogP) is 2.18. The quantitative estimate of drug-likeness (QED) is 0.830. The number of benzene rings is 1. The SMILES string of the molecule is COC(=O)c1cccc(N2CCCC(N)C2(C)C)c1. The molecule has 0 bridgehead atoms. The van der Waals surface area contributed by atoms with E-state index in [4.69, 9.17) is 10.5 Å². The summed E-state index contributed by atoms with van der Waals surface area (Å²) in [5, 5.41) is 0. The normalized spacial score (nSPS) is 22.1. The predicted molar refractivity (Wildman–Crippen MR) is 76.4 cm³/mol. The van der Waals surface area contributed by atoms with E-state index in [1.165, 1.54) is 7.11 Å². The first-order chi connectivity index (χ1) is 8.96. The molecule has 1 aliphatic rings. The van der Waals surface area contributed by atoms with Crippen LogP contribution in [-0.4, -0.2) is 31.2 Å². The van der Waals surface area contributed by atoms with Crippen molar-refractivity contribution in [2.45, 2.75) is 38.3 Å². The Morgan fingerprint density at radius 1 is 1.47 bits per heavy atom. The number of hydrogen-bond acceptors (Lipinski definition) is 4. The Bertz CT molecular complexity index is 471. The molecule has 0 saturated carbocycles. The van der Waals surface area contributed by atoms with Gasteiger partial charge < -0.3 is 15.4 Å². The van der Waals surface area contributed by atoms with Crippen molar-refractivity contribution >= 4 is 11.7 Å². The van der Waals surface area contributed by atoms with Crippen LogP contribution in [-0.2, 0) is 4.74 Å². The maximum atomic E-state index is 11.6. The average molecular weight is 262 g/mol. The summed E-state index contributed by atoms with van der Waals surface area (Å²) in [6, 6.07) is 7.70. The van der Waals surface area contributed by atoms with Crippen LogP contribution < -0.4 is 10.6 Å². The van der Waals surface area contributed by atoms with Crippen LogP contribution in [0.25, 0.3) is 0 Å². The highest BCUT2D eigenvalue weighted by Crippen LogP contribution is 2.32. The van der Waals surface area contributed by atoms with Crippen LogP contribution in [0.15, 0.2) is 24.3 Å². The third-order valence-electron chi connectivity index (χ3n) is 4.08. The van der Waals surface area contributed by atoms with Crippen molar-refractivity contribution in [1.82, 2.24) is 0 Å². The molecule has 2 rings (SSSR count). The van der Waals surface area contributed by atoms with Crippen LogP contribution in [0.1, 0.15) is 37.0 Å². The molecular weight excluding hydrogens is 240 g/mol. The average Bonchev–Trinajstić information content (AvgIpc) is 2.41. The fraction of sp³-hybridized carbons (Fsp3) is 0.533. The van der Waals surface area contributed by atoms with Crippen LogP contribution in [0.5, 0.6) is 0 Å². The number of rotatable bonds is 2. The summed E-state index contributed by atoms with van der Waals surface area (Å²) in [5.74, 6) is -0.305. The highest BCUT2D eigenvalue weighted by Gasteiger charge is 2.36. The molecule has 0 radical (unpaired) electrons. The van der Waals surface area contributed by atoms with Gasteiger partial charge in [0, 0.05) is 23.8 Å². The molecule has 4 heteroatoms. The first-order valence-electron chi connectivity index (χ1n) is 6.68. The minimum absolute atomic E-state index is 0.104. The van der Waals surface area contributed by atoms with E-state index in [1.807, 2.05) is 18.2 Å². The van der Waals surface area contributed by atoms with Crippen molar-refractivity contribution in [3.8, 4) is 0 Å². The third kappa shape index (κ3) is 2.59. The topological polar surface area (TPSA) is 55.6 Å². The Balaban J connectivity index is 2.33. The molecule has 1 atom stereocenters. The number of carbonyl (C=O) groups is 1. The molecule has 0 aliphatic carbocycles. The number of methoxy groups -OCH3 is 1. The molecule has 1 fully saturated rings. The molecule has 0 spiro atoms. The Morgan fingerprint density at radius 3 is 2.89 bits per heavy atom. The number of ether oxygens (including phenoxy) is 1. The summed E-state index contributed by atoms with van der Waals surface area (Å²) in [5.41, 5.74) is 7.74. The van der Waals surface area contributed by atoms with Gasteiger partial charge in [0.2, 0.25) is 0 Å². The van der Waals surface area contributed by atoms with E-state index in [-0.39, 0.29) is 17.6 Å². The summed E-state index contributed by atoms with van der Waals surface area (Å²) < 4.78 is 4.77. The summed E-state index contributed by atoms with van der Waals surface area (Å²) in [6.07, 6.45) is 2.12. The van der Waals surface area contributed by atoms with E-state index in [1.54, 1.807) is 6.07 Å². The third-order valence-corrected chi connectivity index (χ3v) is 4.08. The molecule has 19 heavy (non-hydrogen) atoms. The van der Waals surface area contributed by atoms with Gasteiger partial charge in [-0.15, -0.1) is 0 Å². The zero-order chi connectivity index (χ0) is 14.0. The lowest BCUT2D eigenvalue weighted by atomic mass is 9.85.